The minimum atomic E-state index is 0.416. The van der Waals surface area contributed by atoms with Crippen LogP contribution in [0.4, 0.5) is 11.5 Å². The molecule has 3 N–H and O–H groups in total. The molecule has 0 bridgehead atoms. The largest absolute Gasteiger partial charge is 0.398 e. The Morgan fingerprint density at radius 3 is 3.12 bits per heavy atom. The van der Waals surface area contributed by atoms with Gasteiger partial charge in [-0.3, -0.25) is 0 Å². The smallest absolute Gasteiger partial charge is 0.127 e. The lowest BCUT2D eigenvalue weighted by Crippen LogP contribution is -2.22. The molecule has 1 unspecified atom stereocenters. The minimum Gasteiger partial charge on any atom is -0.398 e. The van der Waals surface area contributed by atoms with Gasteiger partial charge in [0.25, 0.3) is 0 Å². The highest BCUT2D eigenvalue weighted by atomic mass is 16.5. The first-order chi connectivity index (χ1) is 8.25. The van der Waals surface area contributed by atoms with E-state index in [-0.39, 0.29) is 0 Å². The molecule has 4 nitrogen and oxygen atoms in total. The summed E-state index contributed by atoms with van der Waals surface area (Å²) in [5, 5.41) is 3.29. The van der Waals surface area contributed by atoms with Crippen molar-refractivity contribution in [3.05, 3.63) is 17.8 Å². The highest BCUT2D eigenvalue weighted by Crippen LogP contribution is 2.17. The summed E-state index contributed by atoms with van der Waals surface area (Å²) < 4.78 is 5.67. The average molecular weight is 235 g/mol. The zero-order valence-corrected chi connectivity index (χ0v) is 10.4. The normalized spacial score (nSPS) is 20.2. The van der Waals surface area contributed by atoms with Crippen molar-refractivity contribution in [1.82, 2.24) is 4.98 Å². The summed E-state index contributed by atoms with van der Waals surface area (Å²) in [4.78, 5) is 4.29. The molecule has 0 aliphatic carbocycles. The van der Waals surface area contributed by atoms with Crippen LogP contribution < -0.4 is 11.1 Å². The second-order valence-corrected chi connectivity index (χ2v) is 4.63. The lowest BCUT2D eigenvalue weighted by Gasteiger charge is -2.22. The number of hydrogen-bond acceptors (Lipinski definition) is 4. The number of pyridine rings is 1. The van der Waals surface area contributed by atoms with E-state index >= 15 is 0 Å². The Bertz CT molecular complexity index is 362. The van der Waals surface area contributed by atoms with Crippen molar-refractivity contribution in [3.8, 4) is 0 Å². The van der Waals surface area contributed by atoms with Crippen molar-refractivity contribution in [3.63, 3.8) is 0 Å². The number of aryl methyl sites for hydroxylation is 1. The van der Waals surface area contributed by atoms with Crippen molar-refractivity contribution in [2.24, 2.45) is 0 Å². The molecular formula is C13H21N3O. The maximum absolute atomic E-state index is 5.83. The van der Waals surface area contributed by atoms with E-state index in [1.165, 1.54) is 19.3 Å². The molecular weight excluding hydrogens is 214 g/mol. The zero-order valence-electron chi connectivity index (χ0n) is 10.4. The van der Waals surface area contributed by atoms with Crippen LogP contribution in [-0.2, 0) is 4.74 Å². The van der Waals surface area contributed by atoms with E-state index in [9.17, 15) is 0 Å². The summed E-state index contributed by atoms with van der Waals surface area (Å²) in [6.07, 6.45) is 6.94. The van der Waals surface area contributed by atoms with Crippen LogP contribution in [-0.4, -0.2) is 24.2 Å². The highest BCUT2D eigenvalue weighted by molar-refractivity contribution is 5.53. The SMILES string of the molecule is Cc1cnc(NCCC2CCCCO2)cc1N. The highest BCUT2D eigenvalue weighted by Gasteiger charge is 2.12. The van der Waals surface area contributed by atoms with Gasteiger partial charge >= 0.3 is 0 Å². The number of anilines is 2. The first kappa shape index (κ1) is 12.2. The Balaban J connectivity index is 1.75. The number of rotatable bonds is 4. The van der Waals surface area contributed by atoms with Crippen molar-refractivity contribution in [2.45, 2.75) is 38.7 Å². The predicted octanol–water partition coefficient (Wildman–Crippen LogP) is 2.34. The Morgan fingerprint density at radius 2 is 2.41 bits per heavy atom. The standard InChI is InChI=1S/C13H21N3O/c1-10-9-16-13(8-12(10)14)15-6-5-11-4-2-3-7-17-11/h8-9,11H,2-7H2,1H3,(H3,14,15,16). The molecule has 1 aromatic heterocycles. The number of ether oxygens (including phenoxy) is 1. The van der Waals surface area contributed by atoms with Crippen LogP contribution in [0.5, 0.6) is 0 Å². The van der Waals surface area contributed by atoms with E-state index < -0.39 is 0 Å². The molecule has 17 heavy (non-hydrogen) atoms. The fraction of sp³-hybridized carbons (Fsp3) is 0.615. The molecule has 1 atom stereocenters. The van der Waals surface area contributed by atoms with Crippen molar-refractivity contribution >= 4 is 11.5 Å². The van der Waals surface area contributed by atoms with Crippen LogP contribution in [0, 0.1) is 6.92 Å². The molecule has 0 aromatic carbocycles. The second kappa shape index (κ2) is 5.87. The molecule has 0 amide bonds. The molecule has 4 heteroatoms. The quantitative estimate of drug-likeness (QED) is 0.841. The van der Waals surface area contributed by atoms with Gasteiger partial charge in [0, 0.05) is 31.1 Å². The average Bonchev–Trinajstić information content (AvgIpc) is 2.35. The van der Waals surface area contributed by atoms with Crippen molar-refractivity contribution in [1.29, 1.82) is 0 Å². The molecule has 0 saturated carbocycles. The molecule has 1 aromatic rings. The lowest BCUT2D eigenvalue weighted by atomic mass is 10.1. The van der Waals surface area contributed by atoms with Crippen LogP contribution in [0.1, 0.15) is 31.2 Å². The molecule has 1 fully saturated rings. The van der Waals surface area contributed by atoms with E-state index in [1.54, 1.807) is 6.20 Å². The van der Waals surface area contributed by atoms with E-state index in [1.807, 2.05) is 13.0 Å². The van der Waals surface area contributed by atoms with Crippen LogP contribution >= 0.6 is 0 Å². The molecule has 94 valence electrons. The Hall–Kier alpha value is -1.29. The molecule has 1 saturated heterocycles. The van der Waals surface area contributed by atoms with Crippen LogP contribution in [0.25, 0.3) is 0 Å². The van der Waals surface area contributed by atoms with Gasteiger partial charge in [-0.25, -0.2) is 4.98 Å². The summed E-state index contributed by atoms with van der Waals surface area (Å²) in [6.45, 7) is 3.77. The monoisotopic (exact) mass is 235 g/mol. The Kier molecular flexibility index (Phi) is 4.20. The van der Waals surface area contributed by atoms with E-state index in [0.717, 1.165) is 36.6 Å². The fourth-order valence-electron chi connectivity index (χ4n) is 2.03. The maximum Gasteiger partial charge on any atom is 0.127 e. The summed E-state index contributed by atoms with van der Waals surface area (Å²) in [5.74, 6) is 0.851. The topological polar surface area (TPSA) is 60.2 Å². The number of aromatic nitrogens is 1. The molecule has 2 rings (SSSR count). The molecule has 2 heterocycles. The number of nitrogens with two attached hydrogens (primary N) is 1. The van der Waals surface area contributed by atoms with Gasteiger partial charge < -0.3 is 15.8 Å². The number of nitrogen functional groups attached to an aromatic ring is 1. The summed E-state index contributed by atoms with van der Waals surface area (Å²) in [5.41, 5.74) is 7.64. The summed E-state index contributed by atoms with van der Waals surface area (Å²) >= 11 is 0. The van der Waals surface area contributed by atoms with Gasteiger partial charge in [0.05, 0.1) is 6.10 Å². The van der Waals surface area contributed by atoms with E-state index in [0.29, 0.717) is 6.10 Å². The summed E-state index contributed by atoms with van der Waals surface area (Å²) in [6, 6.07) is 1.89. The molecule has 0 radical (unpaired) electrons. The number of nitrogens with zero attached hydrogens (tertiary/aromatic N) is 1. The minimum absolute atomic E-state index is 0.416. The van der Waals surface area contributed by atoms with Crippen molar-refractivity contribution < 1.29 is 4.74 Å². The van der Waals surface area contributed by atoms with Gasteiger partial charge in [-0.2, -0.15) is 0 Å². The third-order valence-electron chi connectivity index (χ3n) is 3.19. The van der Waals surface area contributed by atoms with E-state index in [4.69, 9.17) is 10.5 Å². The van der Waals surface area contributed by atoms with Crippen LogP contribution in [0.2, 0.25) is 0 Å². The van der Waals surface area contributed by atoms with Gasteiger partial charge in [-0.15, -0.1) is 0 Å². The number of nitrogens with one attached hydrogen (secondary N) is 1. The molecule has 1 aliphatic heterocycles. The zero-order chi connectivity index (χ0) is 12.1. The van der Waals surface area contributed by atoms with E-state index in [2.05, 4.69) is 10.3 Å². The van der Waals surface area contributed by atoms with Gasteiger partial charge in [-0.1, -0.05) is 0 Å². The first-order valence-corrected chi connectivity index (χ1v) is 6.33. The predicted molar refractivity (Wildman–Crippen MR) is 70.1 cm³/mol. The summed E-state index contributed by atoms with van der Waals surface area (Å²) in [7, 11) is 0. The van der Waals surface area contributed by atoms with Gasteiger partial charge in [0.1, 0.15) is 5.82 Å². The van der Waals surface area contributed by atoms with Crippen molar-refractivity contribution in [2.75, 3.05) is 24.2 Å². The fourth-order valence-corrected chi connectivity index (χ4v) is 2.03. The number of hydrogen-bond donors (Lipinski definition) is 2. The van der Waals surface area contributed by atoms with Crippen LogP contribution in [0.15, 0.2) is 12.3 Å². The first-order valence-electron chi connectivity index (χ1n) is 6.33. The van der Waals surface area contributed by atoms with Gasteiger partial charge in [-0.05, 0) is 38.2 Å². The molecule has 1 aliphatic rings. The molecule has 0 spiro atoms. The second-order valence-electron chi connectivity index (χ2n) is 4.63. The maximum atomic E-state index is 5.83. The Morgan fingerprint density at radius 1 is 1.53 bits per heavy atom. The van der Waals surface area contributed by atoms with Gasteiger partial charge in [0.15, 0.2) is 0 Å². The third-order valence-corrected chi connectivity index (χ3v) is 3.19. The third kappa shape index (κ3) is 3.60. The lowest BCUT2D eigenvalue weighted by molar-refractivity contribution is 0.0134. The Labute approximate surface area is 103 Å². The van der Waals surface area contributed by atoms with Gasteiger partial charge in [0.2, 0.25) is 0 Å². The van der Waals surface area contributed by atoms with Crippen LogP contribution in [0.3, 0.4) is 0 Å².